The van der Waals surface area contributed by atoms with Crippen molar-refractivity contribution in [1.29, 1.82) is 0 Å². The largest absolute Gasteiger partial charge is 0.497 e. The molecule has 0 saturated heterocycles. The number of nitrogens with one attached hydrogen (secondary N) is 1. The zero-order valence-electron chi connectivity index (χ0n) is 14.6. The first-order valence-corrected chi connectivity index (χ1v) is 9.28. The number of rotatable bonds is 6. The van der Waals surface area contributed by atoms with Crippen molar-refractivity contribution in [1.82, 2.24) is 5.32 Å². The van der Waals surface area contributed by atoms with Gasteiger partial charge in [0.05, 0.1) is 14.2 Å². The van der Waals surface area contributed by atoms with Gasteiger partial charge < -0.3 is 14.8 Å². The van der Waals surface area contributed by atoms with E-state index >= 15 is 0 Å². The van der Waals surface area contributed by atoms with Gasteiger partial charge in [-0.1, -0.05) is 15.9 Å². The minimum Gasteiger partial charge on any atom is -0.497 e. The van der Waals surface area contributed by atoms with Gasteiger partial charge in [0, 0.05) is 23.1 Å². The number of hydrogen-bond donors (Lipinski definition) is 1. The number of amidine groups is 1. The van der Waals surface area contributed by atoms with Crippen molar-refractivity contribution < 1.29 is 9.47 Å². The van der Waals surface area contributed by atoms with E-state index in [9.17, 15) is 0 Å². The second kappa shape index (κ2) is 8.39. The molecule has 0 amide bonds. The molecule has 0 fully saturated rings. The molecule has 0 saturated carbocycles. The number of nitrogens with zero attached hydrogens (tertiary/aromatic N) is 1. The van der Waals surface area contributed by atoms with Crippen LogP contribution in [0.3, 0.4) is 0 Å². The predicted octanol–water partition coefficient (Wildman–Crippen LogP) is 3.99. The van der Waals surface area contributed by atoms with Crippen LogP contribution in [0.2, 0.25) is 0 Å². The van der Waals surface area contributed by atoms with Gasteiger partial charge in [0.25, 0.3) is 0 Å². The number of halogens is 1. The molecule has 25 heavy (non-hydrogen) atoms. The van der Waals surface area contributed by atoms with Crippen molar-refractivity contribution in [2.75, 3.05) is 27.3 Å². The molecule has 2 aromatic rings. The van der Waals surface area contributed by atoms with Crippen LogP contribution in [-0.4, -0.2) is 33.1 Å². The summed E-state index contributed by atoms with van der Waals surface area (Å²) in [6, 6.07) is 12.3. The van der Waals surface area contributed by atoms with Crippen molar-refractivity contribution in [3.63, 3.8) is 0 Å². The molecule has 0 atom stereocenters. The molecule has 1 aliphatic heterocycles. The summed E-state index contributed by atoms with van der Waals surface area (Å²) in [5.41, 5.74) is 3.58. The summed E-state index contributed by atoms with van der Waals surface area (Å²) in [5.74, 6) is 2.78. The van der Waals surface area contributed by atoms with Crippen molar-refractivity contribution in [3.8, 4) is 11.5 Å². The fourth-order valence-corrected chi connectivity index (χ4v) is 3.47. The average molecular weight is 403 g/mol. The highest BCUT2D eigenvalue weighted by molar-refractivity contribution is 9.10. The molecular weight excluding hydrogens is 380 g/mol. The van der Waals surface area contributed by atoms with E-state index < -0.39 is 0 Å². The summed E-state index contributed by atoms with van der Waals surface area (Å²) in [5, 5.41) is 3.42. The smallest absolute Gasteiger partial charge is 0.128 e. The maximum atomic E-state index is 5.50. The molecule has 0 unspecified atom stereocenters. The molecule has 132 valence electrons. The molecule has 5 heteroatoms. The highest BCUT2D eigenvalue weighted by Gasteiger charge is 2.14. The Morgan fingerprint density at radius 1 is 1.04 bits per heavy atom. The number of aryl methyl sites for hydroxylation is 2. The van der Waals surface area contributed by atoms with Crippen LogP contribution < -0.4 is 14.8 Å². The Labute approximate surface area is 157 Å². The van der Waals surface area contributed by atoms with Gasteiger partial charge >= 0.3 is 0 Å². The maximum absolute atomic E-state index is 5.50. The molecule has 0 spiro atoms. The quantitative estimate of drug-likeness (QED) is 0.793. The van der Waals surface area contributed by atoms with Crippen LogP contribution in [-0.2, 0) is 12.8 Å². The SMILES string of the molecule is COc1ccc(C2=NCCCN2)c(CCc2cc(Br)ccc2OC)c1. The second-order valence-electron chi connectivity index (χ2n) is 5.99. The molecule has 1 aliphatic rings. The predicted molar refractivity (Wildman–Crippen MR) is 105 cm³/mol. The van der Waals surface area contributed by atoms with Crippen LogP contribution in [0.1, 0.15) is 23.1 Å². The summed E-state index contributed by atoms with van der Waals surface area (Å²) in [6.45, 7) is 1.86. The van der Waals surface area contributed by atoms with Crippen molar-refractivity contribution in [3.05, 3.63) is 57.6 Å². The Morgan fingerprint density at radius 3 is 2.60 bits per heavy atom. The fourth-order valence-electron chi connectivity index (χ4n) is 3.06. The zero-order chi connectivity index (χ0) is 17.6. The van der Waals surface area contributed by atoms with E-state index in [1.165, 1.54) is 11.1 Å². The lowest BCUT2D eigenvalue weighted by atomic mass is 9.98. The van der Waals surface area contributed by atoms with Crippen molar-refractivity contribution in [2.45, 2.75) is 19.3 Å². The lowest BCUT2D eigenvalue weighted by molar-refractivity contribution is 0.409. The summed E-state index contributed by atoms with van der Waals surface area (Å²) in [7, 11) is 3.41. The van der Waals surface area contributed by atoms with Crippen LogP contribution in [0.4, 0.5) is 0 Å². The van der Waals surface area contributed by atoms with Gasteiger partial charge in [-0.05, 0) is 66.8 Å². The third-order valence-electron chi connectivity index (χ3n) is 4.37. The second-order valence-corrected chi connectivity index (χ2v) is 6.91. The van der Waals surface area contributed by atoms with Gasteiger partial charge in [-0.2, -0.15) is 0 Å². The molecule has 1 heterocycles. The number of hydrogen-bond acceptors (Lipinski definition) is 4. The lowest BCUT2D eigenvalue weighted by Crippen LogP contribution is -2.31. The van der Waals surface area contributed by atoms with Gasteiger partial charge in [0.2, 0.25) is 0 Å². The van der Waals surface area contributed by atoms with Crippen molar-refractivity contribution >= 4 is 21.8 Å². The molecule has 2 aromatic carbocycles. The van der Waals surface area contributed by atoms with E-state index in [0.29, 0.717) is 0 Å². The van der Waals surface area contributed by atoms with Gasteiger partial charge in [-0.3, -0.25) is 4.99 Å². The first-order chi connectivity index (χ1) is 12.2. The monoisotopic (exact) mass is 402 g/mol. The summed E-state index contributed by atoms with van der Waals surface area (Å²) in [4.78, 5) is 4.65. The Hall–Kier alpha value is -2.01. The molecule has 4 nitrogen and oxygen atoms in total. The van der Waals surface area contributed by atoms with E-state index in [1.54, 1.807) is 14.2 Å². The first kappa shape index (κ1) is 17.8. The number of methoxy groups -OCH3 is 2. The number of benzene rings is 2. The molecule has 0 aliphatic carbocycles. The van der Waals surface area contributed by atoms with Gasteiger partial charge in [-0.15, -0.1) is 0 Å². The standard InChI is InChI=1S/C20H23BrN2O2/c1-24-17-7-8-18(20-22-10-3-11-23-20)14(13-17)4-5-15-12-16(21)6-9-19(15)25-2/h6-9,12-13H,3-5,10-11H2,1-2H3,(H,22,23). The average Bonchev–Trinajstić information content (AvgIpc) is 2.67. The van der Waals surface area contributed by atoms with Gasteiger partial charge in [0.1, 0.15) is 17.3 Å². The Morgan fingerprint density at radius 2 is 1.88 bits per heavy atom. The van der Waals surface area contributed by atoms with Crippen LogP contribution in [0.5, 0.6) is 11.5 Å². The van der Waals surface area contributed by atoms with Crippen LogP contribution in [0, 0.1) is 0 Å². The summed E-state index contributed by atoms with van der Waals surface area (Å²) < 4.78 is 12.0. The van der Waals surface area contributed by atoms with E-state index in [1.807, 2.05) is 18.2 Å². The van der Waals surface area contributed by atoms with E-state index in [2.05, 4.69) is 44.4 Å². The van der Waals surface area contributed by atoms with Crippen molar-refractivity contribution in [2.24, 2.45) is 4.99 Å². The minimum absolute atomic E-state index is 0.872. The van der Waals surface area contributed by atoms with Crippen LogP contribution in [0.25, 0.3) is 0 Å². The lowest BCUT2D eigenvalue weighted by Gasteiger charge is -2.18. The molecule has 0 radical (unpaired) electrons. The molecule has 0 aromatic heterocycles. The minimum atomic E-state index is 0.872. The summed E-state index contributed by atoms with van der Waals surface area (Å²) in [6.07, 6.45) is 2.86. The molecule has 1 N–H and O–H groups in total. The number of aliphatic imine (C=N–C) groups is 1. The fraction of sp³-hybridized carbons (Fsp3) is 0.350. The third-order valence-corrected chi connectivity index (χ3v) is 4.86. The normalized spacial score (nSPS) is 13.8. The van der Waals surface area contributed by atoms with Gasteiger partial charge in [0.15, 0.2) is 0 Å². The molecular formula is C20H23BrN2O2. The highest BCUT2D eigenvalue weighted by atomic mass is 79.9. The van der Waals surface area contributed by atoms with E-state index in [-0.39, 0.29) is 0 Å². The zero-order valence-corrected chi connectivity index (χ0v) is 16.2. The van der Waals surface area contributed by atoms with Crippen LogP contribution in [0.15, 0.2) is 45.9 Å². The topological polar surface area (TPSA) is 42.8 Å². The van der Waals surface area contributed by atoms with E-state index in [4.69, 9.17) is 9.47 Å². The Bertz CT molecular complexity index is 774. The third kappa shape index (κ3) is 4.34. The van der Waals surface area contributed by atoms with E-state index in [0.717, 1.165) is 59.7 Å². The Balaban J connectivity index is 1.88. The Kier molecular flexibility index (Phi) is 5.97. The van der Waals surface area contributed by atoms with Gasteiger partial charge in [-0.25, -0.2) is 0 Å². The van der Waals surface area contributed by atoms with Crippen LogP contribution >= 0.6 is 15.9 Å². The summed E-state index contributed by atoms with van der Waals surface area (Å²) >= 11 is 3.55. The maximum Gasteiger partial charge on any atom is 0.128 e. The molecule has 3 rings (SSSR count). The first-order valence-electron chi connectivity index (χ1n) is 8.49. The number of ether oxygens (including phenoxy) is 2. The molecule has 0 bridgehead atoms. The highest BCUT2D eigenvalue weighted by Crippen LogP contribution is 2.26.